The van der Waals surface area contributed by atoms with Crippen molar-refractivity contribution < 1.29 is 4.74 Å². The van der Waals surface area contributed by atoms with Crippen LogP contribution in [0.4, 0.5) is 0 Å². The van der Waals surface area contributed by atoms with Crippen molar-refractivity contribution >= 4 is 41.3 Å². The zero-order valence-corrected chi connectivity index (χ0v) is 18.9. The standard InChI is InChI=1S/C19H28N4OS.HI/c1-4-20-19(22-13-11-18-15(2)23-16(3)25-18)21-12-8-14-24-17-9-6-5-7-10-17;/h5-7,9-10H,4,8,11-14H2,1-3H3,(H2,20,21,22);1H. The van der Waals surface area contributed by atoms with Gasteiger partial charge in [0.05, 0.1) is 17.3 Å². The molecule has 1 heterocycles. The minimum Gasteiger partial charge on any atom is -0.494 e. The van der Waals surface area contributed by atoms with Crippen LogP contribution < -0.4 is 15.4 Å². The first kappa shape index (κ1) is 22.7. The Bertz CT molecular complexity index is 661. The third-order valence-corrected chi connectivity index (χ3v) is 4.71. The van der Waals surface area contributed by atoms with E-state index in [4.69, 9.17) is 4.74 Å². The van der Waals surface area contributed by atoms with Crippen molar-refractivity contribution in [3.8, 4) is 5.75 Å². The predicted molar refractivity (Wildman–Crippen MR) is 121 cm³/mol. The second-order valence-electron chi connectivity index (χ2n) is 5.69. The van der Waals surface area contributed by atoms with Crippen molar-refractivity contribution in [3.63, 3.8) is 0 Å². The summed E-state index contributed by atoms with van der Waals surface area (Å²) in [6.07, 6.45) is 1.86. The molecule has 1 aromatic carbocycles. The molecule has 0 unspecified atom stereocenters. The lowest BCUT2D eigenvalue weighted by Crippen LogP contribution is -2.38. The Balaban J connectivity index is 0.00000338. The molecule has 0 saturated heterocycles. The molecule has 144 valence electrons. The minimum atomic E-state index is 0. The van der Waals surface area contributed by atoms with Gasteiger partial charge in [0.2, 0.25) is 0 Å². The van der Waals surface area contributed by atoms with Gasteiger partial charge in [-0.25, -0.2) is 4.98 Å². The van der Waals surface area contributed by atoms with Gasteiger partial charge in [0.25, 0.3) is 0 Å². The number of nitrogens with zero attached hydrogens (tertiary/aromatic N) is 2. The zero-order chi connectivity index (χ0) is 17.9. The molecule has 0 aliphatic heterocycles. The smallest absolute Gasteiger partial charge is 0.191 e. The number of halogens is 1. The van der Waals surface area contributed by atoms with Crippen molar-refractivity contribution in [2.75, 3.05) is 26.2 Å². The number of aromatic nitrogens is 1. The summed E-state index contributed by atoms with van der Waals surface area (Å²) in [4.78, 5) is 10.4. The first-order valence-corrected chi connectivity index (χ1v) is 9.63. The van der Waals surface area contributed by atoms with Gasteiger partial charge in [0, 0.05) is 37.4 Å². The van der Waals surface area contributed by atoms with Crippen molar-refractivity contribution in [1.29, 1.82) is 0 Å². The van der Waals surface area contributed by atoms with Gasteiger partial charge in [0.1, 0.15) is 5.75 Å². The fraction of sp³-hybridized carbons (Fsp3) is 0.474. The van der Waals surface area contributed by atoms with E-state index in [1.54, 1.807) is 11.3 Å². The maximum atomic E-state index is 5.69. The summed E-state index contributed by atoms with van der Waals surface area (Å²) in [5.41, 5.74) is 1.14. The largest absolute Gasteiger partial charge is 0.494 e. The molecule has 0 amide bonds. The van der Waals surface area contributed by atoms with Gasteiger partial charge in [-0.15, -0.1) is 35.3 Å². The van der Waals surface area contributed by atoms with Crippen molar-refractivity contribution in [1.82, 2.24) is 15.6 Å². The van der Waals surface area contributed by atoms with Gasteiger partial charge < -0.3 is 15.4 Å². The molecule has 2 aromatic rings. The van der Waals surface area contributed by atoms with Gasteiger partial charge in [-0.3, -0.25) is 4.99 Å². The van der Waals surface area contributed by atoms with Crippen LogP contribution in [0.25, 0.3) is 0 Å². The maximum absolute atomic E-state index is 5.69. The summed E-state index contributed by atoms with van der Waals surface area (Å²) in [6, 6.07) is 9.89. The molecule has 26 heavy (non-hydrogen) atoms. The van der Waals surface area contributed by atoms with Gasteiger partial charge in [0.15, 0.2) is 5.96 Å². The van der Waals surface area contributed by atoms with Crippen LogP contribution in [0.3, 0.4) is 0 Å². The predicted octanol–water partition coefficient (Wildman–Crippen LogP) is 3.94. The topological polar surface area (TPSA) is 58.5 Å². The Hall–Kier alpha value is -1.35. The van der Waals surface area contributed by atoms with Crippen molar-refractivity contribution in [3.05, 3.63) is 45.9 Å². The highest BCUT2D eigenvalue weighted by atomic mass is 127. The van der Waals surface area contributed by atoms with Crippen molar-refractivity contribution in [2.24, 2.45) is 4.99 Å². The van der Waals surface area contributed by atoms with E-state index >= 15 is 0 Å². The van der Waals surface area contributed by atoms with E-state index < -0.39 is 0 Å². The van der Waals surface area contributed by atoms with Gasteiger partial charge >= 0.3 is 0 Å². The monoisotopic (exact) mass is 488 g/mol. The van der Waals surface area contributed by atoms with Gasteiger partial charge in [-0.05, 0) is 32.9 Å². The van der Waals surface area contributed by atoms with Crippen LogP contribution in [0.1, 0.15) is 28.9 Å². The van der Waals surface area contributed by atoms with E-state index in [0.29, 0.717) is 6.61 Å². The van der Waals surface area contributed by atoms with E-state index in [2.05, 4.69) is 41.4 Å². The highest BCUT2D eigenvalue weighted by Crippen LogP contribution is 2.17. The number of thiazole rings is 1. The normalized spacial score (nSPS) is 11.0. The number of guanidine groups is 1. The molecule has 2 rings (SSSR count). The Morgan fingerprint density at radius 1 is 1.19 bits per heavy atom. The molecule has 1 aromatic heterocycles. The molecule has 0 fully saturated rings. The Morgan fingerprint density at radius 3 is 2.62 bits per heavy atom. The Morgan fingerprint density at radius 2 is 1.96 bits per heavy atom. The lowest BCUT2D eigenvalue weighted by Gasteiger charge is -2.11. The van der Waals surface area contributed by atoms with E-state index in [1.807, 2.05) is 30.3 Å². The van der Waals surface area contributed by atoms with Crippen LogP contribution in [0, 0.1) is 13.8 Å². The van der Waals surface area contributed by atoms with E-state index in [-0.39, 0.29) is 24.0 Å². The third kappa shape index (κ3) is 8.35. The van der Waals surface area contributed by atoms with Gasteiger partial charge in [-0.2, -0.15) is 0 Å². The van der Waals surface area contributed by atoms with Gasteiger partial charge in [-0.1, -0.05) is 18.2 Å². The summed E-state index contributed by atoms with van der Waals surface area (Å²) >= 11 is 1.77. The third-order valence-electron chi connectivity index (χ3n) is 3.57. The fourth-order valence-corrected chi connectivity index (χ4v) is 3.34. The highest BCUT2D eigenvalue weighted by molar-refractivity contribution is 14.0. The summed E-state index contributed by atoms with van der Waals surface area (Å²) in [5.74, 6) is 1.77. The molecular weight excluding hydrogens is 459 g/mol. The van der Waals surface area contributed by atoms with Crippen LogP contribution in [-0.2, 0) is 6.42 Å². The summed E-state index contributed by atoms with van der Waals surface area (Å²) < 4.78 is 5.69. The number of benzene rings is 1. The number of hydrogen-bond donors (Lipinski definition) is 2. The number of rotatable bonds is 9. The van der Waals surface area contributed by atoms with Crippen LogP contribution in [0.5, 0.6) is 5.75 Å². The van der Waals surface area contributed by atoms with Crippen LogP contribution in [-0.4, -0.2) is 37.2 Å². The quantitative estimate of drug-likeness (QED) is 0.243. The molecule has 0 saturated carbocycles. The second-order valence-corrected chi connectivity index (χ2v) is 6.98. The number of para-hydroxylation sites is 1. The number of hydrogen-bond acceptors (Lipinski definition) is 4. The molecule has 0 radical (unpaired) electrons. The maximum Gasteiger partial charge on any atom is 0.191 e. The lowest BCUT2D eigenvalue weighted by molar-refractivity contribution is 0.313. The van der Waals surface area contributed by atoms with Crippen LogP contribution in [0.15, 0.2) is 35.3 Å². The van der Waals surface area contributed by atoms with Crippen LogP contribution in [0.2, 0.25) is 0 Å². The highest BCUT2D eigenvalue weighted by Gasteiger charge is 2.05. The zero-order valence-electron chi connectivity index (χ0n) is 15.7. The number of aliphatic imine (C=N–C) groups is 1. The number of aryl methyl sites for hydroxylation is 2. The van der Waals surface area contributed by atoms with E-state index in [0.717, 1.165) is 54.9 Å². The van der Waals surface area contributed by atoms with Crippen LogP contribution >= 0.6 is 35.3 Å². The first-order valence-electron chi connectivity index (χ1n) is 8.82. The molecule has 0 spiro atoms. The second kappa shape index (κ2) is 12.9. The van der Waals surface area contributed by atoms with E-state index in [1.165, 1.54) is 4.88 Å². The SMILES string of the molecule is CCNC(=NCCCOc1ccccc1)NCCc1sc(C)nc1C.I. The van der Waals surface area contributed by atoms with Crippen molar-refractivity contribution in [2.45, 2.75) is 33.6 Å². The van der Waals surface area contributed by atoms with E-state index in [9.17, 15) is 0 Å². The average molecular weight is 488 g/mol. The summed E-state index contributed by atoms with van der Waals surface area (Å²) in [6.45, 7) is 9.32. The molecule has 0 bridgehead atoms. The molecule has 0 aliphatic carbocycles. The lowest BCUT2D eigenvalue weighted by atomic mass is 10.3. The first-order chi connectivity index (χ1) is 12.2. The fourth-order valence-electron chi connectivity index (χ4n) is 2.40. The minimum absolute atomic E-state index is 0. The Labute approximate surface area is 177 Å². The molecular formula is C19H29IN4OS. The Kier molecular flexibility index (Phi) is 11.3. The molecule has 2 N–H and O–H groups in total. The molecule has 5 nitrogen and oxygen atoms in total. The summed E-state index contributed by atoms with van der Waals surface area (Å²) in [5, 5.41) is 7.81. The number of nitrogens with one attached hydrogen (secondary N) is 2. The number of ether oxygens (including phenoxy) is 1. The molecule has 0 atom stereocenters. The summed E-state index contributed by atoms with van der Waals surface area (Å²) in [7, 11) is 0. The average Bonchev–Trinajstić information content (AvgIpc) is 2.93. The molecule has 0 aliphatic rings. The molecule has 7 heteroatoms.